The normalized spacial score (nSPS) is 23.7. The van der Waals surface area contributed by atoms with E-state index in [2.05, 4.69) is 30.7 Å². The highest BCUT2D eigenvalue weighted by molar-refractivity contribution is 7.10. The number of aryl methyl sites for hydroxylation is 1. The average molecular weight is 277 g/mol. The number of likely N-dealkylation sites (N-methyl/N-ethyl adjacent to an activating group) is 1. The summed E-state index contributed by atoms with van der Waals surface area (Å²) in [5.74, 6) is 1.72. The summed E-state index contributed by atoms with van der Waals surface area (Å²) in [7, 11) is 2.16. The van der Waals surface area contributed by atoms with Crippen LogP contribution in [0.25, 0.3) is 0 Å². The number of nitrogens with one attached hydrogen (secondary N) is 1. The SMILES string of the molecule is CNC1(C(C)c2ccsc2CCC2CC2)CCCC1. The Morgan fingerprint density at radius 2 is 2.11 bits per heavy atom. The van der Waals surface area contributed by atoms with Crippen LogP contribution in [-0.4, -0.2) is 12.6 Å². The van der Waals surface area contributed by atoms with Gasteiger partial charge >= 0.3 is 0 Å². The van der Waals surface area contributed by atoms with Crippen LogP contribution in [0.4, 0.5) is 0 Å². The molecule has 2 fully saturated rings. The summed E-state index contributed by atoms with van der Waals surface area (Å²) in [5.41, 5.74) is 2.01. The Morgan fingerprint density at radius 1 is 1.37 bits per heavy atom. The van der Waals surface area contributed by atoms with Gasteiger partial charge in [-0.3, -0.25) is 0 Å². The number of rotatable bonds is 6. The van der Waals surface area contributed by atoms with Crippen LogP contribution in [0.2, 0.25) is 0 Å². The lowest BCUT2D eigenvalue weighted by molar-refractivity contribution is 0.303. The minimum absolute atomic E-state index is 0.370. The maximum absolute atomic E-state index is 3.67. The summed E-state index contributed by atoms with van der Waals surface area (Å²) in [6, 6.07) is 2.40. The summed E-state index contributed by atoms with van der Waals surface area (Å²) in [6.45, 7) is 2.45. The largest absolute Gasteiger partial charge is 0.314 e. The molecular weight excluding hydrogens is 250 g/mol. The van der Waals surface area contributed by atoms with Crippen molar-refractivity contribution >= 4 is 11.3 Å². The molecule has 1 aromatic heterocycles. The second kappa shape index (κ2) is 5.57. The van der Waals surface area contributed by atoms with Gasteiger partial charge in [0.05, 0.1) is 0 Å². The first kappa shape index (κ1) is 13.6. The molecule has 0 radical (unpaired) electrons. The third-order valence-electron chi connectivity index (χ3n) is 5.55. The van der Waals surface area contributed by atoms with Crippen molar-refractivity contribution in [1.82, 2.24) is 5.32 Å². The molecule has 0 bridgehead atoms. The van der Waals surface area contributed by atoms with Crippen molar-refractivity contribution in [3.8, 4) is 0 Å². The smallest absolute Gasteiger partial charge is 0.0244 e. The second-order valence-electron chi connectivity index (χ2n) is 6.62. The van der Waals surface area contributed by atoms with E-state index >= 15 is 0 Å². The molecule has 0 aromatic carbocycles. The lowest BCUT2D eigenvalue weighted by atomic mass is 9.79. The summed E-state index contributed by atoms with van der Waals surface area (Å²) < 4.78 is 0. The van der Waals surface area contributed by atoms with Crippen LogP contribution < -0.4 is 5.32 Å². The Balaban J connectivity index is 1.74. The first-order chi connectivity index (χ1) is 9.25. The molecule has 3 rings (SSSR count). The molecule has 0 aliphatic heterocycles. The Morgan fingerprint density at radius 3 is 2.74 bits per heavy atom. The number of hydrogen-bond acceptors (Lipinski definition) is 2. The molecule has 2 saturated carbocycles. The molecular formula is C17H27NS. The maximum Gasteiger partial charge on any atom is 0.0244 e. The van der Waals surface area contributed by atoms with Gasteiger partial charge in [-0.05, 0) is 55.7 Å². The Kier molecular flexibility index (Phi) is 4.00. The van der Waals surface area contributed by atoms with Gasteiger partial charge in [0.2, 0.25) is 0 Å². The molecule has 1 unspecified atom stereocenters. The summed E-state index contributed by atoms with van der Waals surface area (Å²) >= 11 is 1.99. The molecule has 1 atom stereocenters. The molecule has 2 aliphatic carbocycles. The Bertz CT molecular complexity index is 413. The van der Waals surface area contributed by atoms with Gasteiger partial charge in [-0.2, -0.15) is 0 Å². The van der Waals surface area contributed by atoms with Gasteiger partial charge in [-0.1, -0.05) is 32.6 Å². The van der Waals surface area contributed by atoms with Crippen molar-refractivity contribution in [2.75, 3.05) is 7.05 Å². The fourth-order valence-corrected chi connectivity index (χ4v) is 4.88. The van der Waals surface area contributed by atoms with E-state index in [1.165, 1.54) is 51.4 Å². The van der Waals surface area contributed by atoms with E-state index in [-0.39, 0.29) is 0 Å². The highest BCUT2D eigenvalue weighted by Gasteiger charge is 2.39. The highest BCUT2D eigenvalue weighted by Crippen LogP contribution is 2.43. The van der Waals surface area contributed by atoms with Crippen LogP contribution in [0.5, 0.6) is 0 Å². The third-order valence-corrected chi connectivity index (χ3v) is 6.54. The van der Waals surface area contributed by atoms with Gasteiger partial charge in [0.1, 0.15) is 0 Å². The van der Waals surface area contributed by atoms with E-state index < -0.39 is 0 Å². The van der Waals surface area contributed by atoms with Crippen molar-refractivity contribution in [1.29, 1.82) is 0 Å². The fraction of sp³-hybridized carbons (Fsp3) is 0.765. The standard InChI is InChI=1S/C17H27NS/c1-13(17(18-2)10-3-4-11-17)15-9-12-19-16(15)8-7-14-5-6-14/h9,12-14,18H,3-8,10-11H2,1-2H3. The van der Waals surface area contributed by atoms with Gasteiger partial charge in [-0.15, -0.1) is 11.3 Å². The first-order valence-electron chi connectivity index (χ1n) is 8.00. The lowest BCUT2D eigenvalue weighted by Crippen LogP contribution is -2.44. The summed E-state index contributed by atoms with van der Waals surface area (Å²) in [5, 5.41) is 5.99. The van der Waals surface area contributed by atoms with E-state index in [9.17, 15) is 0 Å². The second-order valence-corrected chi connectivity index (χ2v) is 7.62. The van der Waals surface area contributed by atoms with Crippen molar-refractivity contribution < 1.29 is 0 Å². The van der Waals surface area contributed by atoms with Gasteiger partial charge in [0.15, 0.2) is 0 Å². The van der Waals surface area contributed by atoms with Crippen molar-refractivity contribution in [2.45, 2.75) is 69.7 Å². The topological polar surface area (TPSA) is 12.0 Å². The van der Waals surface area contributed by atoms with Gasteiger partial charge in [-0.25, -0.2) is 0 Å². The zero-order valence-electron chi connectivity index (χ0n) is 12.4. The summed E-state index contributed by atoms with van der Waals surface area (Å²) in [6.07, 6.45) is 11.2. The van der Waals surface area contributed by atoms with Crippen LogP contribution >= 0.6 is 11.3 Å². The van der Waals surface area contributed by atoms with Crippen molar-refractivity contribution in [3.63, 3.8) is 0 Å². The molecule has 2 heteroatoms. The molecule has 1 N–H and O–H groups in total. The van der Waals surface area contributed by atoms with Crippen molar-refractivity contribution in [3.05, 3.63) is 21.9 Å². The highest BCUT2D eigenvalue weighted by atomic mass is 32.1. The molecule has 106 valence electrons. The van der Waals surface area contributed by atoms with E-state index in [4.69, 9.17) is 0 Å². The quantitative estimate of drug-likeness (QED) is 0.793. The zero-order chi connectivity index (χ0) is 13.3. The number of hydrogen-bond donors (Lipinski definition) is 1. The van der Waals surface area contributed by atoms with Crippen LogP contribution in [-0.2, 0) is 6.42 Å². The predicted molar refractivity (Wildman–Crippen MR) is 84.0 cm³/mol. The Labute approximate surface area is 121 Å². The Hall–Kier alpha value is -0.340. The van der Waals surface area contributed by atoms with Crippen molar-refractivity contribution in [2.24, 2.45) is 5.92 Å². The van der Waals surface area contributed by atoms with Crippen LogP contribution in [0.3, 0.4) is 0 Å². The molecule has 19 heavy (non-hydrogen) atoms. The zero-order valence-corrected chi connectivity index (χ0v) is 13.2. The number of thiophene rings is 1. The van der Waals surface area contributed by atoms with Crippen LogP contribution in [0.15, 0.2) is 11.4 Å². The van der Waals surface area contributed by atoms with Gasteiger partial charge in [0, 0.05) is 16.3 Å². The van der Waals surface area contributed by atoms with E-state index in [1.54, 1.807) is 10.4 Å². The van der Waals surface area contributed by atoms with Gasteiger partial charge in [0.25, 0.3) is 0 Å². The maximum atomic E-state index is 3.67. The van der Waals surface area contributed by atoms with E-state index in [0.717, 1.165) is 5.92 Å². The average Bonchev–Trinajstić information content (AvgIpc) is 2.96. The third kappa shape index (κ3) is 2.75. The minimum Gasteiger partial charge on any atom is -0.314 e. The molecule has 0 amide bonds. The molecule has 2 aliphatic rings. The molecule has 0 spiro atoms. The summed E-state index contributed by atoms with van der Waals surface area (Å²) in [4.78, 5) is 1.67. The first-order valence-corrected chi connectivity index (χ1v) is 8.88. The lowest BCUT2D eigenvalue weighted by Gasteiger charge is -2.36. The molecule has 1 aromatic rings. The van der Waals surface area contributed by atoms with Gasteiger partial charge < -0.3 is 5.32 Å². The predicted octanol–water partition coefficient (Wildman–Crippen LogP) is 4.73. The minimum atomic E-state index is 0.370. The van der Waals surface area contributed by atoms with E-state index in [0.29, 0.717) is 11.5 Å². The van der Waals surface area contributed by atoms with Crippen LogP contribution in [0, 0.1) is 5.92 Å². The van der Waals surface area contributed by atoms with E-state index in [1.807, 2.05) is 11.3 Å². The molecule has 1 nitrogen and oxygen atoms in total. The monoisotopic (exact) mass is 277 g/mol. The molecule has 1 heterocycles. The molecule has 0 saturated heterocycles. The fourth-order valence-electron chi connectivity index (χ4n) is 3.88. The van der Waals surface area contributed by atoms with Crippen LogP contribution in [0.1, 0.15) is 68.2 Å².